The van der Waals surface area contributed by atoms with Crippen molar-refractivity contribution in [3.63, 3.8) is 0 Å². The Morgan fingerprint density at radius 1 is 1.09 bits per heavy atom. The summed E-state index contributed by atoms with van der Waals surface area (Å²) in [6.07, 6.45) is 0. The lowest BCUT2D eigenvalue weighted by atomic mass is 10.0. The molecule has 2 aromatic carbocycles. The third kappa shape index (κ3) is 6.28. The van der Waals surface area contributed by atoms with Gasteiger partial charge in [-0.15, -0.1) is 10.2 Å². The van der Waals surface area contributed by atoms with Gasteiger partial charge >= 0.3 is 0 Å². The van der Waals surface area contributed by atoms with Gasteiger partial charge in [0.25, 0.3) is 5.91 Å². The van der Waals surface area contributed by atoms with Gasteiger partial charge in [0.2, 0.25) is 5.91 Å². The molecule has 0 aliphatic carbocycles. The lowest BCUT2D eigenvalue weighted by molar-refractivity contribution is -0.113. The van der Waals surface area contributed by atoms with Crippen LogP contribution in [0.1, 0.15) is 41.6 Å². The summed E-state index contributed by atoms with van der Waals surface area (Å²) >= 11 is 13.3. The van der Waals surface area contributed by atoms with Crippen molar-refractivity contribution in [2.75, 3.05) is 11.1 Å². The molecule has 33 heavy (non-hydrogen) atoms. The van der Waals surface area contributed by atoms with Gasteiger partial charge < -0.3 is 15.2 Å². The number of benzene rings is 2. The summed E-state index contributed by atoms with van der Waals surface area (Å²) < 4.78 is 1.80. The molecule has 0 radical (unpaired) electrons. The number of thioether (sulfide) groups is 1. The summed E-state index contributed by atoms with van der Waals surface area (Å²) in [6, 6.07) is 11.7. The number of aromatic nitrogens is 3. The molecule has 7 nitrogen and oxygen atoms in total. The quantitative estimate of drug-likeness (QED) is 0.406. The molecule has 0 saturated carbocycles. The molecule has 0 unspecified atom stereocenters. The van der Waals surface area contributed by atoms with Crippen LogP contribution in [0.4, 0.5) is 5.69 Å². The molecule has 0 fully saturated rings. The summed E-state index contributed by atoms with van der Waals surface area (Å²) in [4.78, 5) is 25.2. The summed E-state index contributed by atoms with van der Waals surface area (Å²) in [5, 5.41) is 16.2. The number of nitrogens with zero attached hydrogens (tertiary/aromatic N) is 3. The molecule has 2 amide bonds. The highest BCUT2D eigenvalue weighted by molar-refractivity contribution is 7.99. The third-order valence-electron chi connectivity index (χ3n) is 5.08. The number of carbonyl (C=O) groups is 2. The van der Waals surface area contributed by atoms with E-state index < -0.39 is 0 Å². The fourth-order valence-electron chi connectivity index (χ4n) is 3.14. The molecule has 3 rings (SSSR count). The number of carbonyl (C=O) groups excluding carboxylic acids is 2. The maximum Gasteiger partial charge on any atom is 0.251 e. The van der Waals surface area contributed by atoms with Crippen molar-refractivity contribution in [2.24, 2.45) is 13.0 Å². The average Bonchev–Trinajstić information content (AvgIpc) is 3.14. The summed E-state index contributed by atoms with van der Waals surface area (Å²) in [6.45, 7) is 5.84. The third-order valence-corrected chi connectivity index (χ3v) is 6.76. The van der Waals surface area contributed by atoms with Crippen LogP contribution in [-0.2, 0) is 11.8 Å². The number of halogens is 2. The first-order chi connectivity index (χ1) is 15.7. The van der Waals surface area contributed by atoms with E-state index in [1.165, 1.54) is 11.8 Å². The topological polar surface area (TPSA) is 88.9 Å². The Kier molecular flexibility index (Phi) is 8.40. The molecule has 0 aliphatic rings. The van der Waals surface area contributed by atoms with Crippen molar-refractivity contribution in [1.29, 1.82) is 0 Å². The van der Waals surface area contributed by atoms with Crippen LogP contribution in [0, 0.1) is 12.8 Å². The second-order valence-electron chi connectivity index (χ2n) is 7.85. The molecular formula is C23H25Cl2N5O2S. The second kappa shape index (κ2) is 11.0. The van der Waals surface area contributed by atoms with E-state index in [9.17, 15) is 9.59 Å². The van der Waals surface area contributed by atoms with Crippen LogP contribution >= 0.6 is 35.0 Å². The van der Waals surface area contributed by atoms with E-state index in [-0.39, 0.29) is 29.5 Å². The predicted octanol–water partition coefficient (Wildman–Crippen LogP) is 5.29. The highest BCUT2D eigenvalue weighted by atomic mass is 35.5. The highest BCUT2D eigenvalue weighted by Crippen LogP contribution is 2.26. The van der Waals surface area contributed by atoms with Gasteiger partial charge in [-0.05, 0) is 54.8 Å². The Morgan fingerprint density at radius 2 is 1.79 bits per heavy atom. The molecule has 174 valence electrons. The lowest BCUT2D eigenvalue weighted by Gasteiger charge is -2.21. The smallest absolute Gasteiger partial charge is 0.251 e. The first kappa shape index (κ1) is 25.1. The number of anilines is 1. The maximum atomic E-state index is 12.7. The Bertz CT molecular complexity index is 1150. The van der Waals surface area contributed by atoms with E-state index in [4.69, 9.17) is 23.2 Å². The average molecular weight is 506 g/mol. The van der Waals surface area contributed by atoms with Crippen LogP contribution in [0.15, 0.2) is 47.6 Å². The minimum absolute atomic E-state index is 0.0658. The summed E-state index contributed by atoms with van der Waals surface area (Å²) in [5.41, 5.74) is 2.00. The number of amides is 2. The molecule has 0 saturated heterocycles. The van der Waals surface area contributed by atoms with Crippen molar-refractivity contribution >= 4 is 52.5 Å². The maximum absolute atomic E-state index is 12.7. The van der Waals surface area contributed by atoms with E-state index in [0.717, 1.165) is 5.56 Å². The van der Waals surface area contributed by atoms with Gasteiger partial charge in [-0.1, -0.05) is 54.9 Å². The Hall–Kier alpha value is -2.55. The Balaban J connectivity index is 1.67. The Morgan fingerprint density at radius 3 is 2.45 bits per heavy atom. The van der Waals surface area contributed by atoms with Gasteiger partial charge in [0.05, 0.1) is 11.8 Å². The zero-order chi connectivity index (χ0) is 24.1. The van der Waals surface area contributed by atoms with E-state index in [1.807, 2.05) is 27.8 Å². The summed E-state index contributed by atoms with van der Waals surface area (Å²) in [7, 11) is 1.82. The largest absolute Gasteiger partial charge is 0.342 e. The number of hydrogen-bond donors (Lipinski definition) is 2. The molecule has 1 heterocycles. The number of nitrogens with one attached hydrogen (secondary N) is 2. The molecular weight excluding hydrogens is 481 g/mol. The van der Waals surface area contributed by atoms with Crippen molar-refractivity contribution < 1.29 is 9.59 Å². The predicted molar refractivity (Wildman–Crippen MR) is 133 cm³/mol. The molecule has 1 aromatic heterocycles. The van der Waals surface area contributed by atoms with E-state index in [2.05, 4.69) is 20.8 Å². The SMILES string of the molecule is Cc1c(Cl)cccc1NC(=O)CSc1nnc([C@@H](NC(=O)c2ccc(Cl)cc2)C(C)C)n1C. The van der Waals surface area contributed by atoms with Gasteiger partial charge in [-0.25, -0.2) is 0 Å². The van der Waals surface area contributed by atoms with Gasteiger partial charge in [0.1, 0.15) is 0 Å². The zero-order valence-electron chi connectivity index (χ0n) is 18.7. The van der Waals surface area contributed by atoms with E-state index in [0.29, 0.717) is 32.3 Å². The minimum atomic E-state index is -0.358. The fraction of sp³-hybridized carbons (Fsp3) is 0.304. The molecule has 0 bridgehead atoms. The van der Waals surface area contributed by atoms with Crippen molar-refractivity contribution in [3.8, 4) is 0 Å². The number of rotatable bonds is 8. The molecule has 1 atom stereocenters. The van der Waals surface area contributed by atoms with Crippen LogP contribution in [0.2, 0.25) is 10.0 Å². The van der Waals surface area contributed by atoms with Crippen LogP contribution < -0.4 is 10.6 Å². The zero-order valence-corrected chi connectivity index (χ0v) is 21.1. The van der Waals surface area contributed by atoms with E-state index in [1.54, 1.807) is 47.0 Å². The first-order valence-corrected chi connectivity index (χ1v) is 12.0. The van der Waals surface area contributed by atoms with Gasteiger partial charge in [0, 0.05) is 28.3 Å². The number of hydrogen-bond acceptors (Lipinski definition) is 5. The molecule has 3 aromatic rings. The van der Waals surface area contributed by atoms with Crippen LogP contribution in [0.25, 0.3) is 0 Å². The standard InChI is InChI=1S/C23H25Cl2N5O2S/c1-13(2)20(27-22(32)15-8-10-16(24)11-9-15)21-28-29-23(30(21)4)33-12-19(31)26-18-7-5-6-17(25)14(18)3/h5-11,13,20H,12H2,1-4H3,(H,26,31)(H,27,32)/t20-/m0/s1. The van der Waals surface area contributed by atoms with Crippen LogP contribution in [0.3, 0.4) is 0 Å². The van der Waals surface area contributed by atoms with Crippen LogP contribution in [0.5, 0.6) is 0 Å². The first-order valence-electron chi connectivity index (χ1n) is 10.3. The van der Waals surface area contributed by atoms with Crippen molar-refractivity contribution in [3.05, 3.63) is 69.5 Å². The second-order valence-corrected chi connectivity index (χ2v) is 9.64. The van der Waals surface area contributed by atoms with E-state index >= 15 is 0 Å². The lowest BCUT2D eigenvalue weighted by Crippen LogP contribution is -2.33. The van der Waals surface area contributed by atoms with Crippen molar-refractivity contribution in [2.45, 2.75) is 32.0 Å². The summed E-state index contributed by atoms with van der Waals surface area (Å²) in [5.74, 6) is 0.434. The molecule has 2 N–H and O–H groups in total. The molecule has 0 aliphatic heterocycles. The monoisotopic (exact) mass is 505 g/mol. The normalized spacial score (nSPS) is 12.0. The van der Waals surface area contributed by atoms with Crippen LogP contribution in [-0.4, -0.2) is 32.3 Å². The fourth-order valence-corrected chi connectivity index (χ4v) is 4.16. The molecule has 10 heteroatoms. The highest BCUT2D eigenvalue weighted by Gasteiger charge is 2.25. The van der Waals surface area contributed by atoms with Gasteiger partial charge in [-0.3, -0.25) is 9.59 Å². The minimum Gasteiger partial charge on any atom is -0.342 e. The van der Waals surface area contributed by atoms with Crippen molar-refractivity contribution in [1.82, 2.24) is 20.1 Å². The van der Waals surface area contributed by atoms with Gasteiger partial charge in [0.15, 0.2) is 11.0 Å². The Labute approximate surface area is 207 Å². The van der Waals surface area contributed by atoms with Gasteiger partial charge in [-0.2, -0.15) is 0 Å². The molecule has 0 spiro atoms.